The highest BCUT2D eigenvalue weighted by atomic mass is 32.1. The van der Waals surface area contributed by atoms with E-state index in [9.17, 15) is 13.2 Å². The lowest BCUT2D eigenvalue weighted by Gasteiger charge is -2.22. The van der Waals surface area contributed by atoms with E-state index in [1.165, 1.54) is 20.8 Å². The highest BCUT2D eigenvalue weighted by Crippen LogP contribution is 2.22. The van der Waals surface area contributed by atoms with Crippen LogP contribution in [0.25, 0.3) is 0 Å². The minimum absolute atomic E-state index is 0.882. The molecule has 11 heavy (non-hydrogen) atoms. The Morgan fingerprint density at radius 1 is 1.18 bits per heavy atom. The van der Waals surface area contributed by atoms with Gasteiger partial charge in [-0.3, -0.25) is 0 Å². The summed E-state index contributed by atoms with van der Waals surface area (Å²) in [4.78, 5) is 0. The summed E-state index contributed by atoms with van der Waals surface area (Å²) in [5, 5.41) is -1.31. The Morgan fingerprint density at radius 3 is 1.64 bits per heavy atom. The molecule has 0 aliphatic carbocycles. The summed E-state index contributed by atoms with van der Waals surface area (Å²) in [6.07, 6.45) is -4.53. The largest absolute Gasteiger partial charge is 0.474 e. The molecule has 0 amide bonds. The maximum absolute atomic E-state index is 11.7. The van der Waals surface area contributed by atoms with Crippen LogP contribution >= 0.6 is 12.2 Å². The molecule has 0 saturated carbocycles. The van der Waals surface area contributed by atoms with Crippen molar-refractivity contribution in [2.24, 2.45) is 0 Å². The third-order valence-corrected chi connectivity index (χ3v) is 0.945. The summed E-state index contributed by atoms with van der Waals surface area (Å²) in [6, 6.07) is 0. The van der Waals surface area contributed by atoms with Crippen LogP contribution in [-0.2, 0) is 4.74 Å². The number of alkyl halides is 3. The summed E-state index contributed by atoms with van der Waals surface area (Å²) >= 11 is 3.99. The minimum atomic E-state index is -4.53. The van der Waals surface area contributed by atoms with E-state index < -0.39 is 16.8 Å². The van der Waals surface area contributed by atoms with Crippen molar-refractivity contribution < 1.29 is 17.9 Å². The Balaban J connectivity index is 4.11. The molecule has 0 saturated heterocycles. The third kappa shape index (κ3) is 5.01. The van der Waals surface area contributed by atoms with E-state index in [1.807, 2.05) is 0 Å². The van der Waals surface area contributed by atoms with Crippen LogP contribution < -0.4 is 0 Å². The smallest absolute Gasteiger partial charge is 0.460 e. The van der Waals surface area contributed by atoms with Gasteiger partial charge in [-0.2, -0.15) is 13.2 Å². The first kappa shape index (κ1) is 10.7. The molecule has 0 heterocycles. The topological polar surface area (TPSA) is 9.23 Å². The van der Waals surface area contributed by atoms with Crippen LogP contribution in [0.1, 0.15) is 20.8 Å². The Bertz CT molecular complexity index is 156. The lowest BCUT2D eigenvalue weighted by Crippen LogP contribution is -2.32. The third-order valence-electron chi connectivity index (χ3n) is 0.630. The molecule has 0 radical (unpaired) electrons. The van der Waals surface area contributed by atoms with Gasteiger partial charge < -0.3 is 4.74 Å². The van der Waals surface area contributed by atoms with Crippen LogP contribution in [-0.4, -0.2) is 16.8 Å². The van der Waals surface area contributed by atoms with Gasteiger partial charge in [0.25, 0.3) is 5.05 Å². The fourth-order valence-electron chi connectivity index (χ4n) is 0.336. The Morgan fingerprint density at radius 2 is 1.55 bits per heavy atom. The standard InChI is InChI=1S/C6H9F3OS/c1-5(2,3)10-4(11)6(7,8)9/h1-3H3. The molecule has 0 N–H and O–H groups in total. The van der Waals surface area contributed by atoms with E-state index in [0.717, 1.165) is 0 Å². The predicted molar refractivity (Wildman–Crippen MR) is 39.5 cm³/mol. The second kappa shape index (κ2) is 2.97. The van der Waals surface area contributed by atoms with Crippen molar-refractivity contribution in [2.75, 3.05) is 0 Å². The average Bonchev–Trinajstić information content (AvgIpc) is 1.56. The maximum Gasteiger partial charge on any atom is 0.460 e. The molecule has 66 valence electrons. The van der Waals surface area contributed by atoms with E-state index in [-0.39, 0.29) is 0 Å². The molecule has 0 aliphatic rings. The molecule has 1 nitrogen and oxygen atoms in total. The molecule has 0 aromatic carbocycles. The monoisotopic (exact) mass is 186 g/mol. The van der Waals surface area contributed by atoms with Gasteiger partial charge in [-0.05, 0) is 33.0 Å². The summed E-state index contributed by atoms with van der Waals surface area (Å²) in [6.45, 7) is 4.51. The van der Waals surface area contributed by atoms with E-state index in [4.69, 9.17) is 0 Å². The first-order valence-corrected chi connectivity index (χ1v) is 3.34. The van der Waals surface area contributed by atoms with E-state index in [1.54, 1.807) is 0 Å². The van der Waals surface area contributed by atoms with Gasteiger partial charge in [0, 0.05) is 0 Å². The van der Waals surface area contributed by atoms with E-state index in [2.05, 4.69) is 17.0 Å². The zero-order valence-electron chi connectivity index (χ0n) is 6.45. The Labute approximate surface area is 68.5 Å². The van der Waals surface area contributed by atoms with Crippen molar-refractivity contribution in [2.45, 2.75) is 32.5 Å². The number of rotatable bonds is 0. The van der Waals surface area contributed by atoms with Crippen molar-refractivity contribution in [1.29, 1.82) is 0 Å². The Hall–Kier alpha value is -0.320. The molecule has 0 aromatic rings. The number of hydrogen-bond donors (Lipinski definition) is 0. The molecule has 0 bridgehead atoms. The van der Waals surface area contributed by atoms with E-state index in [0.29, 0.717) is 0 Å². The second-order valence-corrected chi connectivity index (χ2v) is 3.37. The zero-order chi connectivity index (χ0) is 9.28. The zero-order valence-corrected chi connectivity index (χ0v) is 7.27. The van der Waals surface area contributed by atoms with Gasteiger partial charge in [-0.15, -0.1) is 0 Å². The Kier molecular flexibility index (Phi) is 2.88. The lowest BCUT2D eigenvalue weighted by atomic mass is 10.2. The fourth-order valence-corrected chi connectivity index (χ4v) is 0.586. The van der Waals surface area contributed by atoms with E-state index >= 15 is 0 Å². The van der Waals surface area contributed by atoms with Crippen LogP contribution in [0.2, 0.25) is 0 Å². The molecule has 0 rings (SSSR count). The van der Waals surface area contributed by atoms with Gasteiger partial charge in [0.15, 0.2) is 0 Å². The highest BCUT2D eigenvalue weighted by Gasteiger charge is 2.38. The molecule has 0 unspecified atom stereocenters. The SMILES string of the molecule is CC(C)(C)OC(=S)C(F)(F)F. The number of thiocarbonyl (C=S) groups is 1. The quantitative estimate of drug-likeness (QED) is 0.538. The molecule has 0 atom stereocenters. The first-order valence-electron chi connectivity index (χ1n) is 2.93. The maximum atomic E-state index is 11.7. The minimum Gasteiger partial charge on any atom is -0.474 e. The summed E-state index contributed by atoms with van der Waals surface area (Å²) in [5.74, 6) is 0. The first-order chi connectivity index (χ1) is 4.63. The summed E-state index contributed by atoms with van der Waals surface area (Å²) < 4.78 is 39.5. The van der Waals surface area contributed by atoms with Gasteiger partial charge >= 0.3 is 6.18 Å². The van der Waals surface area contributed by atoms with Crippen LogP contribution in [0.5, 0.6) is 0 Å². The molecule has 5 heteroatoms. The molecular formula is C6H9F3OS. The second-order valence-electron chi connectivity index (χ2n) is 3.00. The van der Waals surface area contributed by atoms with Gasteiger partial charge in [0.05, 0.1) is 0 Å². The van der Waals surface area contributed by atoms with Gasteiger partial charge in [0.2, 0.25) is 0 Å². The normalized spacial score (nSPS) is 12.9. The number of hydrogen-bond acceptors (Lipinski definition) is 2. The molecule has 0 fully saturated rings. The van der Waals surface area contributed by atoms with Crippen LogP contribution in [0.15, 0.2) is 0 Å². The predicted octanol–water partition coefficient (Wildman–Crippen LogP) is 2.69. The molecule has 0 aliphatic heterocycles. The van der Waals surface area contributed by atoms with Gasteiger partial charge in [-0.1, -0.05) is 0 Å². The van der Waals surface area contributed by atoms with Crippen LogP contribution in [0.4, 0.5) is 13.2 Å². The molecular weight excluding hydrogens is 177 g/mol. The van der Waals surface area contributed by atoms with Crippen molar-refractivity contribution in [3.05, 3.63) is 0 Å². The van der Waals surface area contributed by atoms with Gasteiger partial charge in [-0.25, -0.2) is 0 Å². The lowest BCUT2D eigenvalue weighted by molar-refractivity contribution is -0.0852. The number of ether oxygens (including phenoxy) is 1. The average molecular weight is 186 g/mol. The van der Waals surface area contributed by atoms with Crippen molar-refractivity contribution in [3.63, 3.8) is 0 Å². The van der Waals surface area contributed by atoms with Crippen LogP contribution in [0, 0.1) is 0 Å². The van der Waals surface area contributed by atoms with Gasteiger partial charge in [0.1, 0.15) is 5.60 Å². The van der Waals surface area contributed by atoms with Crippen molar-refractivity contribution in [1.82, 2.24) is 0 Å². The molecule has 0 spiro atoms. The summed E-state index contributed by atoms with van der Waals surface area (Å²) in [5.41, 5.74) is -0.882. The highest BCUT2D eigenvalue weighted by molar-refractivity contribution is 7.80. The van der Waals surface area contributed by atoms with Crippen LogP contribution in [0.3, 0.4) is 0 Å². The van der Waals surface area contributed by atoms with Crippen molar-refractivity contribution in [3.8, 4) is 0 Å². The number of halogens is 3. The fraction of sp³-hybridized carbons (Fsp3) is 0.833. The summed E-state index contributed by atoms with van der Waals surface area (Å²) in [7, 11) is 0. The molecule has 0 aromatic heterocycles. The van der Waals surface area contributed by atoms with Crippen molar-refractivity contribution >= 4 is 17.3 Å².